The van der Waals surface area contributed by atoms with Crippen LogP contribution in [0.5, 0.6) is 0 Å². The van der Waals surface area contributed by atoms with Crippen LogP contribution >= 0.6 is 0 Å². The zero-order valence-electron chi connectivity index (χ0n) is 5.14. The second-order valence-electron chi connectivity index (χ2n) is 1.12. The highest BCUT2D eigenvalue weighted by molar-refractivity contribution is 5.85. The molecule has 0 saturated heterocycles. The van der Waals surface area contributed by atoms with Gasteiger partial charge in [0.25, 0.3) is 0 Å². The van der Waals surface area contributed by atoms with E-state index in [9.17, 15) is 4.79 Å². The summed E-state index contributed by atoms with van der Waals surface area (Å²) in [6, 6.07) is 0. The fourth-order valence-corrected chi connectivity index (χ4v) is 0.123. The van der Waals surface area contributed by atoms with E-state index in [1.54, 1.807) is 0 Å². The summed E-state index contributed by atoms with van der Waals surface area (Å²) in [5, 5.41) is 8.13. The average Bonchev–Trinajstić information content (AvgIpc) is 1.64. The zero-order chi connectivity index (χ0) is 6.73. The molecule has 2 nitrogen and oxygen atoms in total. The van der Waals surface area contributed by atoms with Crippen molar-refractivity contribution in [1.29, 1.82) is 0 Å². The van der Waals surface area contributed by atoms with Gasteiger partial charge in [-0.1, -0.05) is 13.5 Å². The van der Waals surface area contributed by atoms with Crippen LogP contribution in [0, 0.1) is 0 Å². The summed E-state index contributed by atoms with van der Waals surface area (Å²) in [6.45, 7) is 4.64. The molecule has 0 aromatic heterocycles. The Kier molecular flexibility index (Phi) is 1.50. The first-order valence-corrected chi connectivity index (χ1v) is 1.90. The molecule has 1 N–H and O–H groups in total. The van der Waals surface area contributed by atoms with Gasteiger partial charge in [-0.15, -0.1) is 0 Å². The quantitative estimate of drug-likeness (QED) is 0.527. The Morgan fingerprint density at radius 1 is 2.14 bits per heavy atom. The van der Waals surface area contributed by atoms with Gasteiger partial charge in [0.15, 0.2) is 0 Å². The number of hydrogen-bond donors (Lipinski definition) is 1. The van der Waals surface area contributed by atoms with Crippen molar-refractivity contribution in [2.75, 3.05) is 0 Å². The van der Waals surface area contributed by atoms with Gasteiger partial charge in [0.05, 0.1) is 0 Å². The molecule has 0 rings (SSSR count). The lowest BCUT2D eigenvalue weighted by Gasteiger charge is -1.87. The molecule has 0 bridgehead atoms. The van der Waals surface area contributed by atoms with Gasteiger partial charge >= 0.3 is 5.97 Å². The Bertz CT molecular complexity index is 118. The van der Waals surface area contributed by atoms with E-state index < -0.39 is 12.4 Å². The molecule has 0 saturated carbocycles. The summed E-state index contributed by atoms with van der Waals surface area (Å²) in [4.78, 5) is 9.92. The van der Waals surface area contributed by atoms with Gasteiger partial charge in [-0.2, -0.15) is 0 Å². The molecule has 0 fully saturated rings. The standard InChI is InChI=1S/C5H8O2/c1-3-4(2)5(6)7/h2-3H2,1H3,(H,6,7)/i3D. The van der Waals surface area contributed by atoms with E-state index in [0.717, 1.165) is 0 Å². The van der Waals surface area contributed by atoms with Gasteiger partial charge < -0.3 is 5.11 Å². The molecule has 2 heteroatoms. The average molecular weight is 101 g/mol. The van der Waals surface area contributed by atoms with Crippen molar-refractivity contribution in [3.05, 3.63) is 12.2 Å². The van der Waals surface area contributed by atoms with Gasteiger partial charge in [-0.3, -0.25) is 0 Å². The molecule has 1 unspecified atom stereocenters. The predicted octanol–water partition coefficient (Wildman–Crippen LogP) is 1.04. The van der Waals surface area contributed by atoms with E-state index in [4.69, 9.17) is 6.48 Å². The number of hydrogen-bond acceptors (Lipinski definition) is 1. The van der Waals surface area contributed by atoms with Crippen LogP contribution in [-0.4, -0.2) is 11.1 Å². The lowest BCUT2D eigenvalue weighted by molar-refractivity contribution is -0.132. The third-order valence-electron chi connectivity index (χ3n) is 0.623. The monoisotopic (exact) mass is 101 g/mol. The van der Waals surface area contributed by atoms with E-state index in [2.05, 4.69) is 6.58 Å². The van der Waals surface area contributed by atoms with E-state index in [0.29, 0.717) is 0 Å². The van der Waals surface area contributed by atoms with E-state index in [-0.39, 0.29) is 5.57 Å². The number of carboxylic acid groups (broad SMARTS) is 1. The second-order valence-corrected chi connectivity index (χ2v) is 1.12. The molecule has 0 amide bonds. The Balaban J connectivity index is 3.84. The first-order chi connectivity index (χ1) is 3.55. The Morgan fingerprint density at radius 3 is 2.57 bits per heavy atom. The maximum Gasteiger partial charge on any atom is 0.330 e. The summed E-state index contributed by atoms with van der Waals surface area (Å²) < 4.78 is 6.83. The Morgan fingerprint density at radius 2 is 2.57 bits per heavy atom. The molecular weight excluding hydrogens is 92.1 g/mol. The third-order valence-corrected chi connectivity index (χ3v) is 0.623. The van der Waals surface area contributed by atoms with Crippen molar-refractivity contribution in [1.82, 2.24) is 0 Å². The SMILES string of the molecule is [2H]C(C)C(=C)C(=O)O. The van der Waals surface area contributed by atoms with Crippen LogP contribution < -0.4 is 0 Å². The van der Waals surface area contributed by atoms with E-state index in [1.165, 1.54) is 6.92 Å². The van der Waals surface area contributed by atoms with E-state index >= 15 is 0 Å². The summed E-state index contributed by atoms with van der Waals surface area (Å²) in [5.74, 6) is -1.09. The number of aliphatic carboxylic acids is 1. The van der Waals surface area contributed by atoms with Gasteiger partial charge in [-0.05, 0) is 6.40 Å². The van der Waals surface area contributed by atoms with Crippen molar-refractivity contribution in [3.63, 3.8) is 0 Å². The van der Waals surface area contributed by atoms with Crippen molar-refractivity contribution in [2.45, 2.75) is 13.3 Å². The largest absolute Gasteiger partial charge is 0.478 e. The second kappa shape index (κ2) is 2.39. The number of rotatable bonds is 2. The summed E-state index contributed by atoms with van der Waals surface area (Å²) in [6.07, 6.45) is -0.701. The minimum atomic E-state index is -1.09. The zero-order valence-corrected chi connectivity index (χ0v) is 4.14. The van der Waals surface area contributed by atoms with Gasteiger partial charge in [-0.25, -0.2) is 4.79 Å². The molecule has 40 valence electrons. The molecule has 0 aliphatic carbocycles. The molecule has 7 heavy (non-hydrogen) atoms. The summed E-state index contributed by atoms with van der Waals surface area (Å²) in [7, 11) is 0. The maximum atomic E-state index is 9.92. The number of carboxylic acids is 1. The van der Waals surface area contributed by atoms with Crippen molar-refractivity contribution in [3.8, 4) is 0 Å². The van der Waals surface area contributed by atoms with Crippen molar-refractivity contribution in [2.24, 2.45) is 0 Å². The lowest BCUT2D eigenvalue weighted by atomic mass is 10.2. The summed E-state index contributed by atoms with van der Waals surface area (Å²) >= 11 is 0. The molecule has 1 atom stereocenters. The smallest absolute Gasteiger partial charge is 0.330 e. The van der Waals surface area contributed by atoms with Crippen LogP contribution in [0.1, 0.15) is 14.7 Å². The first-order valence-electron chi connectivity index (χ1n) is 2.47. The topological polar surface area (TPSA) is 37.3 Å². The van der Waals surface area contributed by atoms with Gasteiger partial charge in [0.1, 0.15) is 0 Å². The number of carbonyl (C=O) groups is 1. The highest BCUT2D eigenvalue weighted by Crippen LogP contribution is 1.93. The normalized spacial score (nSPS) is 14.7. The molecule has 0 heterocycles. The van der Waals surface area contributed by atoms with Gasteiger partial charge in [0, 0.05) is 6.94 Å². The first kappa shape index (κ1) is 4.37. The van der Waals surface area contributed by atoms with Gasteiger partial charge in [0.2, 0.25) is 0 Å². The van der Waals surface area contributed by atoms with Crippen molar-refractivity contribution < 1.29 is 11.3 Å². The Hall–Kier alpha value is -0.790. The maximum absolute atomic E-state index is 9.92. The highest BCUT2D eigenvalue weighted by Gasteiger charge is 1.96. The highest BCUT2D eigenvalue weighted by atomic mass is 16.4. The van der Waals surface area contributed by atoms with Crippen LogP contribution in [-0.2, 0) is 4.79 Å². The van der Waals surface area contributed by atoms with E-state index in [1.807, 2.05) is 0 Å². The lowest BCUT2D eigenvalue weighted by Crippen LogP contribution is -1.95. The van der Waals surface area contributed by atoms with Crippen LogP contribution in [0.15, 0.2) is 12.2 Å². The molecule has 0 aromatic carbocycles. The summed E-state index contributed by atoms with van der Waals surface area (Å²) in [5.41, 5.74) is -0.0648. The third kappa shape index (κ3) is 1.98. The molecular formula is C5H8O2. The van der Waals surface area contributed by atoms with Crippen LogP contribution in [0.3, 0.4) is 0 Å². The minimum absolute atomic E-state index is 0.0648. The minimum Gasteiger partial charge on any atom is -0.478 e. The van der Waals surface area contributed by atoms with Crippen LogP contribution in [0.4, 0.5) is 0 Å². The van der Waals surface area contributed by atoms with Crippen molar-refractivity contribution >= 4 is 5.97 Å². The molecule has 0 aliphatic heterocycles. The fraction of sp³-hybridized carbons (Fsp3) is 0.400. The van der Waals surface area contributed by atoms with Crippen LogP contribution in [0.25, 0.3) is 0 Å². The molecule has 0 aromatic rings. The fourth-order valence-electron chi connectivity index (χ4n) is 0.123. The predicted molar refractivity (Wildman–Crippen MR) is 27.1 cm³/mol. The molecule has 0 aliphatic rings. The molecule has 0 spiro atoms. The Labute approximate surface area is 43.9 Å². The molecule has 0 radical (unpaired) electrons. The van der Waals surface area contributed by atoms with Crippen LogP contribution in [0.2, 0.25) is 0 Å².